The molecule has 3 heteroatoms. The Morgan fingerprint density at radius 1 is 1.35 bits per heavy atom. The number of para-hydroxylation sites is 1. The number of carbonyl (C=O) groups excluding carboxylic acids is 1. The van der Waals surface area contributed by atoms with Crippen LogP contribution in [0.25, 0.3) is 0 Å². The Morgan fingerprint density at radius 2 is 2.13 bits per heavy atom. The molecule has 1 aliphatic carbocycles. The molecule has 0 saturated heterocycles. The lowest BCUT2D eigenvalue weighted by atomic mass is 9.74. The van der Waals surface area contributed by atoms with Gasteiger partial charge in [0.25, 0.3) is 0 Å². The van der Waals surface area contributed by atoms with Gasteiger partial charge in [-0.05, 0) is 48.7 Å². The molecule has 0 aromatic heterocycles. The van der Waals surface area contributed by atoms with Gasteiger partial charge in [0.1, 0.15) is 5.82 Å². The molecule has 0 amide bonds. The lowest BCUT2D eigenvalue weighted by molar-refractivity contribution is 0.0891. The van der Waals surface area contributed by atoms with E-state index >= 15 is 0 Å². The molecule has 2 aromatic rings. The lowest BCUT2D eigenvalue weighted by Gasteiger charge is -2.32. The quantitative estimate of drug-likeness (QED) is 0.753. The number of nitrogens with zero attached hydrogens (tertiary/aromatic N) is 1. The van der Waals surface area contributed by atoms with Gasteiger partial charge in [0.2, 0.25) is 0 Å². The highest BCUT2D eigenvalue weighted by Crippen LogP contribution is 2.52. The van der Waals surface area contributed by atoms with Crippen molar-refractivity contribution in [3.63, 3.8) is 0 Å². The molecule has 2 aromatic carbocycles. The first kappa shape index (κ1) is 14.0. The van der Waals surface area contributed by atoms with E-state index in [9.17, 15) is 9.18 Å². The van der Waals surface area contributed by atoms with Crippen LogP contribution in [0, 0.1) is 18.2 Å². The number of anilines is 1. The molecular weight excluding hydrogens is 289 g/mol. The van der Waals surface area contributed by atoms with E-state index in [1.807, 2.05) is 31.2 Å². The van der Waals surface area contributed by atoms with E-state index in [1.165, 1.54) is 12.1 Å². The summed E-state index contributed by atoms with van der Waals surface area (Å²) in [6.07, 6.45) is 6.05. The van der Waals surface area contributed by atoms with E-state index in [-0.39, 0.29) is 17.6 Å². The molecule has 0 N–H and O–H groups in total. The molecule has 2 nitrogen and oxygen atoms in total. The van der Waals surface area contributed by atoms with Crippen LogP contribution in [-0.2, 0) is 11.8 Å². The Bertz CT molecular complexity index is 866. The van der Waals surface area contributed by atoms with E-state index in [0.29, 0.717) is 18.5 Å². The van der Waals surface area contributed by atoms with Crippen LogP contribution in [0.5, 0.6) is 0 Å². The van der Waals surface area contributed by atoms with Crippen LogP contribution in [-0.4, -0.2) is 18.4 Å². The second-order valence-electron chi connectivity index (χ2n) is 6.30. The van der Waals surface area contributed by atoms with Gasteiger partial charge in [-0.3, -0.25) is 4.79 Å². The minimum atomic E-state index is -0.663. The topological polar surface area (TPSA) is 20.3 Å². The van der Waals surface area contributed by atoms with Crippen LogP contribution in [0.2, 0.25) is 0 Å². The molecule has 1 aliphatic heterocycles. The van der Waals surface area contributed by atoms with Gasteiger partial charge in [0, 0.05) is 17.3 Å². The summed E-state index contributed by atoms with van der Waals surface area (Å²) in [6.45, 7) is 2.50. The number of hydrogen-bond acceptors (Lipinski definition) is 2. The summed E-state index contributed by atoms with van der Waals surface area (Å²) in [6, 6.07) is 12.3. The van der Waals surface area contributed by atoms with Crippen LogP contribution in [0.4, 0.5) is 10.1 Å². The molecule has 0 unspecified atom stereocenters. The predicted octanol–water partition coefficient (Wildman–Crippen LogP) is 3.34. The summed E-state index contributed by atoms with van der Waals surface area (Å²) in [4.78, 5) is 15.4. The molecule has 0 bridgehead atoms. The van der Waals surface area contributed by atoms with Crippen molar-refractivity contribution < 1.29 is 9.18 Å². The zero-order chi connectivity index (χ0) is 16.2. The maximum Gasteiger partial charge on any atom is 0.176 e. The van der Waals surface area contributed by atoms with Crippen molar-refractivity contribution in [3.05, 3.63) is 65.0 Å². The van der Waals surface area contributed by atoms with Crippen LogP contribution in [0.1, 0.15) is 28.4 Å². The van der Waals surface area contributed by atoms with Crippen molar-refractivity contribution in [1.29, 1.82) is 0 Å². The van der Waals surface area contributed by atoms with Gasteiger partial charge in [-0.15, -0.1) is 6.42 Å². The second kappa shape index (κ2) is 4.70. The summed E-state index contributed by atoms with van der Waals surface area (Å²) in [5.74, 6) is 2.46. The van der Waals surface area contributed by atoms with Crippen LogP contribution in [0.15, 0.2) is 42.5 Å². The molecule has 114 valence electrons. The van der Waals surface area contributed by atoms with Gasteiger partial charge in [-0.1, -0.05) is 24.1 Å². The molecule has 23 heavy (non-hydrogen) atoms. The standard InChI is InChI=1S/C20H16FNO/c1-3-10-22-13(2)20(17-6-4-5-7-18(17)22)12-14-11-15(21)8-9-16(14)19(20)23/h1,4-9,11,13H,10,12H2,2H3/t13-,20+/m0/s1. The molecule has 1 heterocycles. The third-order valence-electron chi connectivity index (χ3n) is 5.32. The predicted molar refractivity (Wildman–Crippen MR) is 88.2 cm³/mol. The Balaban J connectivity index is 1.93. The lowest BCUT2D eigenvalue weighted by Crippen LogP contribution is -2.47. The first-order valence-electron chi connectivity index (χ1n) is 7.72. The van der Waals surface area contributed by atoms with Crippen molar-refractivity contribution in [3.8, 4) is 12.3 Å². The largest absolute Gasteiger partial charge is 0.356 e. The molecule has 4 rings (SSSR count). The van der Waals surface area contributed by atoms with Crippen molar-refractivity contribution in [2.75, 3.05) is 11.4 Å². The Hall–Kier alpha value is -2.60. The molecule has 2 atom stereocenters. The minimum Gasteiger partial charge on any atom is -0.356 e. The van der Waals surface area contributed by atoms with Gasteiger partial charge in [0.05, 0.1) is 12.0 Å². The van der Waals surface area contributed by atoms with Gasteiger partial charge in [-0.25, -0.2) is 4.39 Å². The number of benzene rings is 2. The first-order valence-corrected chi connectivity index (χ1v) is 7.72. The highest BCUT2D eigenvalue weighted by atomic mass is 19.1. The smallest absolute Gasteiger partial charge is 0.176 e. The fraction of sp³-hybridized carbons (Fsp3) is 0.250. The van der Waals surface area contributed by atoms with Crippen LogP contribution in [0.3, 0.4) is 0 Å². The Morgan fingerprint density at radius 3 is 2.91 bits per heavy atom. The van der Waals surface area contributed by atoms with E-state index in [4.69, 9.17) is 6.42 Å². The highest BCUT2D eigenvalue weighted by molar-refractivity contribution is 6.11. The fourth-order valence-corrected chi connectivity index (χ4v) is 4.23. The molecule has 1 spiro atoms. The number of carbonyl (C=O) groups is 1. The monoisotopic (exact) mass is 305 g/mol. The number of fused-ring (bicyclic) bond motifs is 3. The Labute approximate surface area is 134 Å². The zero-order valence-electron chi connectivity index (χ0n) is 12.8. The number of Topliss-reactive ketones (excluding diaryl/α,β-unsaturated/α-hetero) is 1. The van der Waals surface area contributed by atoms with E-state index in [0.717, 1.165) is 16.8 Å². The molecule has 0 fully saturated rings. The number of terminal acetylenes is 1. The summed E-state index contributed by atoms with van der Waals surface area (Å²) in [5.41, 5.74) is 2.78. The molecule has 0 saturated carbocycles. The van der Waals surface area contributed by atoms with E-state index < -0.39 is 5.41 Å². The minimum absolute atomic E-state index is 0.0566. The third kappa shape index (κ3) is 1.66. The summed E-state index contributed by atoms with van der Waals surface area (Å²) in [7, 11) is 0. The number of ketones is 1. The first-order chi connectivity index (χ1) is 11.1. The highest BCUT2D eigenvalue weighted by Gasteiger charge is 2.57. The number of hydrogen-bond donors (Lipinski definition) is 0. The fourth-order valence-electron chi connectivity index (χ4n) is 4.23. The van der Waals surface area contributed by atoms with Crippen molar-refractivity contribution in [2.24, 2.45) is 0 Å². The number of halogens is 1. The van der Waals surface area contributed by atoms with Crippen molar-refractivity contribution in [2.45, 2.75) is 24.8 Å². The molecule has 0 radical (unpaired) electrons. The normalized spacial score (nSPS) is 24.7. The van der Waals surface area contributed by atoms with Gasteiger partial charge in [0.15, 0.2) is 5.78 Å². The van der Waals surface area contributed by atoms with Crippen molar-refractivity contribution >= 4 is 11.5 Å². The van der Waals surface area contributed by atoms with E-state index in [2.05, 4.69) is 10.8 Å². The SMILES string of the molecule is C#CCN1c2ccccc2[C@@]2(Cc3cc(F)ccc3C2=O)[C@@H]1C. The van der Waals surface area contributed by atoms with E-state index in [1.54, 1.807) is 6.07 Å². The van der Waals surface area contributed by atoms with Crippen LogP contribution < -0.4 is 4.90 Å². The molecule has 2 aliphatic rings. The molecular formula is C20H16FNO. The van der Waals surface area contributed by atoms with Gasteiger partial charge < -0.3 is 4.90 Å². The number of rotatable bonds is 1. The van der Waals surface area contributed by atoms with Gasteiger partial charge >= 0.3 is 0 Å². The van der Waals surface area contributed by atoms with Crippen LogP contribution >= 0.6 is 0 Å². The average Bonchev–Trinajstić information content (AvgIpc) is 2.96. The summed E-state index contributed by atoms with van der Waals surface area (Å²) in [5, 5.41) is 0. The maximum absolute atomic E-state index is 13.6. The second-order valence-corrected chi connectivity index (χ2v) is 6.30. The van der Waals surface area contributed by atoms with Gasteiger partial charge in [-0.2, -0.15) is 0 Å². The summed E-state index contributed by atoms with van der Waals surface area (Å²) < 4.78 is 13.6. The maximum atomic E-state index is 13.6. The Kier molecular flexibility index (Phi) is 2.86. The zero-order valence-corrected chi connectivity index (χ0v) is 12.8. The van der Waals surface area contributed by atoms with Crippen molar-refractivity contribution in [1.82, 2.24) is 0 Å². The average molecular weight is 305 g/mol. The summed E-state index contributed by atoms with van der Waals surface area (Å²) >= 11 is 0. The third-order valence-corrected chi connectivity index (χ3v) is 5.32.